The lowest BCUT2D eigenvalue weighted by molar-refractivity contribution is -0.385. The van der Waals surface area contributed by atoms with Gasteiger partial charge in [-0.25, -0.2) is 4.39 Å². The number of nitro benzene ring substituents is 1. The van der Waals surface area contributed by atoms with Crippen LogP contribution in [0, 0.1) is 33.2 Å². The molecule has 5 nitrogen and oxygen atoms in total. The van der Waals surface area contributed by atoms with Crippen LogP contribution >= 0.6 is 0 Å². The van der Waals surface area contributed by atoms with Crippen molar-refractivity contribution in [1.29, 1.82) is 0 Å². The van der Waals surface area contributed by atoms with Crippen molar-refractivity contribution in [3.05, 3.63) is 45.8 Å². The van der Waals surface area contributed by atoms with Crippen LogP contribution in [0.25, 0.3) is 0 Å². The summed E-state index contributed by atoms with van der Waals surface area (Å²) in [5.74, 6) is -1.97. The first-order valence-corrected chi connectivity index (χ1v) is 6.95. The summed E-state index contributed by atoms with van der Waals surface area (Å²) in [5.41, 5.74) is 0.397. The zero-order chi connectivity index (χ0) is 16.7. The number of hydrogen-bond donors (Lipinski definition) is 0. The molecule has 0 spiro atoms. The molecule has 1 aliphatic rings. The molecular weight excluding hydrogens is 289 g/mol. The average molecular weight is 307 g/mol. The lowest BCUT2D eigenvalue weighted by Crippen LogP contribution is -2.15. The number of rotatable bonds is 4. The molecule has 0 aromatic heterocycles. The Bertz CT molecular complexity index is 662. The zero-order valence-electron chi connectivity index (χ0n) is 12.9. The molecule has 0 saturated heterocycles. The number of nitro groups is 1. The summed E-state index contributed by atoms with van der Waals surface area (Å²) in [5, 5.41) is 10.9. The molecule has 1 saturated carbocycles. The Balaban J connectivity index is 2.22. The Morgan fingerprint density at radius 1 is 1.41 bits per heavy atom. The lowest BCUT2D eigenvalue weighted by atomic mass is 10.1. The van der Waals surface area contributed by atoms with E-state index in [-0.39, 0.29) is 23.0 Å². The van der Waals surface area contributed by atoms with Gasteiger partial charge in [0.25, 0.3) is 0 Å². The zero-order valence-corrected chi connectivity index (χ0v) is 12.9. The predicted molar refractivity (Wildman–Crippen MR) is 78.9 cm³/mol. The van der Waals surface area contributed by atoms with E-state index in [1.54, 1.807) is 0 Å². The van der Waals surface area contributed by atoms with E-state index >= 15 is 0 Å². The second-order valence-corrected chi connectivity index (χ2v) is 6.36. The molecule has 2 atom stereocenters. The van der Waals surface area contributed by atoms with Crippen LogP contribution < -0.4 is 4.74 Å². The third-order valence-corrected chi connectivity index (χ3v) is 4.01. The van der Waals surface area contributed by atoms with Gasteiger partial charge in [0.2, 0.25) is 5.75 Å². The summed E-state index contributed by atoms with van der Waals surface area (Å²) in [6.45, 7) is 7.74. The van der Waals surface area contributed by atoms with Gasteiger partial charge in [-0.2, -0.15) is 0 Å². The van der Waals surface area contributed by atoms with E-state index in [9.17, 15) is 19.3 Å². The lowest BCUT2D eigenvalue weighted by Gasteiger charge is -2.06. The summed E-state index contributed by atoms with van der Waals surface area (Å²) in [4.78, 5) is 22.5. The molecule has 1 fully saturated rings. The average Bonchev–Trinajstić information content (AvgIpc) is 2.89. The van der Waals surface area contributed by atoms with Crippen molar-refractivity contribution in [3.8, 4) is 5.75 Å². The monoisotopic (exact) mass is 307 g/mol. The highest BCUT2D eigenvalue weighted by Crippen LogP contribution is 2.59. The first kappa shape index (κ1) is 16.1. The van der Waals surface area contributed by atoms with Gasteiger partial charge in [0, 0.05) is 12.1 Å². The van der Waals surface area contributed by atoms with Crippen LogP contribution in [0.4, 0.5) is 10.1 Å². The molecular formula is C16H18FNO4. The van der Waals surface area contributed by atoms with Gasteiger partial charge in [0.15, 0.2) is 0 Å². The molecule has 0 N–H and O–H groups in total. The molecule has 0 bridgehead atoms. The van der Waals surface area contributed by atoms with Crippen molar-refractivity contribution in [2.45, 2.75) is 27.7 Å². The number of hydrogen-bond acceptors (Lipinski definition) is 4. The Kier molecular flexibility index (Phi) is 4.04. The van der Waals surface area contributed by atoms with Crippen LogP contribution in [0.1, 0.15) is 27.7 Å². The highest BCUT2D eigenvalue weighted by atomic mass is 19.1. The fourth-order valence-electron chi connectivity index (χ4n) is 2.69. The minimum atomic E-state index is -0.701. The Labute approximate surface area is 127 Å². The van der Waals surface area contributed by atoms with Gasteiger partial charge in [-0.1, -0.05) is 25.5 Å². The van der Waals surface area contributed by atoms with Crippen molar-refractivity contribution < 1.29 is 18.8 Å². The van der Waals surface area contributed by atoms with E-state index in [1.807, 2.05) is 33.8 Å². The van der Waals surface area contributed by atoms with E-state index in [0.29, 0.717) is 0 Å². The SMILES string of the molecule is CC(C)=C[C@@H]1[C@H](C(=O)Oc2cc(F)ccc2[N+](=O)[O-])C1(C)C. The molecule has 1 aromatic rings. The molecule has 0 radical (unpaired) electrons. The maximum Gasteiger partial charge on any atom is 0.315 e. The molecule has 118 valence electrons. The minimum absolute atomic E-state index is 0.0256. The van der Waals surface area contributed by atoms with Crippen LogP contribution in [0.5, 0.6) is 5.75 Å². The van der Waals surface area contributed by atoms with Gasteiger partial charge < -0.3 is 4.74 Å². The number of nitrogens with zero attached hydrogens (tertiary/aromatic N) is 1. The predicted octanol–water partition coefficient (Wildman–Crippen LogP) is 3.88. The van der Waals surface area contributed by atoms with Crippen molar-refractivity contribution in [2.24, 2.45) is 17.3 Å². The van der Waals surface area contributed by atoms with E-state index in [2.05, 4.69) is 0 Å². The van der Waals surface area contributed by atoms with Gasteiger partial charge in [-0.15, -0.1) is 0 Å². The van der Waals surface area contributed by atoms with Gasteiger partial charge in [-0.05, 0) is 31.2 Å². The molecule has 2 rings (SSSR count). The third-order valence-electron chi connectivity index (χ3n) is 4.01. The number of esters is 1. The van der Waals surface area contributed by atoms with E-state index < -0.39 is 22.4 Å². The minimum Gasteiger partial charge on any atom is -0.419 e. The number of ether oxygens (including phenoxy) is 1. The van der Waals surface area contributed by atoms with Crippen LogP contribution in [-0.4, -0.2) is 10.9 Å². The molecule has 22 heavy (non-hydrogen) atoms. The Morgan fingerprint density at radius 2 is 2.05 bits per heavy atom. The largest absolute Gasteiger partial charge is 0.419 e. The molecule has 0 heterocycles. The summed E-state index contributed by atoms with van der Waals surface area (Å²) in [7, 11) is 0. The van der Waals surface area contributed by atoms with Gasteiger partial charge in [0.05, 0.1) is 10.8 Å². The van der Waals surface area contributed by atoms with E-state index in [4.69, 9.17) is 4.74 Å². The molecule has 0 unspecified atom stereocenters. The van der Waals surface area contributed by atoms with Crippen LogP contribution in [-0.2, 0) is 4.79 Å². The van der Waals surface area contributed by atoms with Gasteiger partial charge in [0.1, 0.15) is 5.82 Å². The summed E-state index contributed by atoms with van der Waals surface area (Å²) in [6.07, 6.45) is 1.99. The van der Waals surface area contributed by atoms with Gasteiger partial charge in [-0.3, -0.25) is 14.9 Å². The van der Waals surface area contributed by atoms with Crippen molar-refractivity contribution in [2.75, 3.05) is 0 Å². The number of carbonyl (C=O) groups is 1. The number of carbonyl (C=O) groups excluding carboxylic acids is 1. The Hall–Kier alpha value is -2.24. The highest BCUT2D eigenvalue weighted by Gasteiger charge is 2.61. The molecule has 0 amide bonds. The molecule has 1 aromatic carbocycles. The second-order valence-electron chi connectivity index (χ2n) is 6.36. The molecule has 6 heteroatoms. The topological polar surface area (TPSA) is 69.4 Å². The number of allylic oxidation sites excluding steroid dienone is 2. The fraction of sp³-hybridized carbons (Fsp3) is 0.438. The van der Waals surface area contributed by atoms with Crippen molar-refractivity contribution in [3.63, 3.8) is 0 Å². The first-order chi connectivity index (χ1) is 10.1. The molecule has 1 aliphatic carbocycles. The van der Waals surface area contributed by atoms with Crippen LogP contribution in [0.15, 0.2) is 29.8 Å². The molecule has 0 aliphatic heterocycles. The first-order valence-electron chi connectivity index (χ1n) is 6.95. The third kappa shape index (κ3) is 3.00. The van der Waals surface area contributed by atoms with Crippen molar-refractivity contribution >= 4 is 11.7 Å². The normalized spacial score (nSPS) is 21.9. The fourth-order valence-corrected chi connectivity index (χ4v) is 2.69. The van der Waals surface area contributed by atoms with Gasteiger partial charge >= 0.3 is 11.7 Å². The van der Waals surface area contributed by atoms with E-state index in [0.717, 1.165) is 23.8 Å². The highest BCUT2D eigenvalue weighted by molar-refractivity contribution is 5.81. The summed E-state index contributed by atoms with van der Waals surface area (Å²) < 4.78 is 18.4. The quantitative estimate of drug-likeness (QED) is 0.278. The van der Waals surface area contributed by atoms with E-state index in [1.165, 1.54) is 0 Å². The smallest absolute Gasteiger partial charge is 0.315 e. The van der Waals surface area contributed by atoms with Crippen LogP contribution in [0.2, 0.25) is 0 Å². The van der Waals surface area contributed by atoms with Crippen molar-refractivity contribution in [1.82, 2.24) is 0 Å². The second kappa shape index (κ2) is 5.51. The maximum atomic E-state index is 13.3. The maximum absolute atomic E-state index is 13.3. The number of benzene rings is 1. The summed E-state index contributed by atoms with van der Waals surface area (Å²) >= 11 is 0. The number of halogens is 1. The Morgan fingerprint density at radius 3 is 2.59 bits per heavy atom. The summed E-state index contributed by atoms with van der Waals surface area (Å²) in [6, 6.07) is 2.81. The standard InChI is InChI=1S/C16H18FNO4/c1-9(2)7-11-14(16(11,3)4)15(19)22-13-8-10(17)5-6-12(13)18(20)21/h5-8,11,14H,1-4H3/t11-,14-/m1/s1. The van der Waals surface area contributed by atoms with Crippen LogP contribution in [0.3, 0.4) is 0 Å².